The minimum atomic E-state index is -3.81. The first kappa shape index (κ1) is 23.6. The van der Waals surface area contributed by atoms with Crippen LogP contribution >= 0.6 is 11.6 Å². The van der Waals surface area contributed by atoms with Gasteiger partial charge < -0.3 is 14.4 Å². The highest BCUT2D eigenvalue weighted by Crippen LogP contribution is 2.28. The van der Waals surface area contributed by atoms with Gasteiger partial charge in [-0.2, -0.15) is 4.31 Å². The number of hydrogen-bond acceptors (Lipinski definition) is 6. The third kappa shape index (κ3) is 6.15. The molecule has 0 bridgehead atoms. The molecule has 1 fully saturated rings. The highest BCUT2D eigenvalue weighted by molar-refractivity contribution is 7.89. The molecular formula is C19H27ClN2O6S. The van der Waals surface area contributed by atoms with Gasteiger partial charge in [0.25, 0.3) is 5.91 Å². The monoisotopic (exact) mass is 446 g/mol. The molecule has 1 saturated heterocycles. The lowest BCUT2D eigenvalue weighted by Crippen LogP contribution is -2.39. The number of halogens is 1. The molecule has 10 heteroatoms. The van der Waals surface area contributed by atoms with E-state index < -0.39 is 21.9 Å². The van der Waals surface area contributed by atoms with E-state index in [9.17, 15) is 18.0 Å². The van der Waals surface area contributed by atoms with Crippen LogP contribution in [0.15, 0.2) is 23.1 Å². The van der Waals surface area contributed by atoms with Crippen LogP contribution in [0.5, 0.6) is 0 Å². The fourth-order valence-corrected chi connectivity index (χ4v) is 5.09. The van der Waals surface area contributed by atoms with E-state index in [4.69, 9.17) is 21.1 Å². The number of hydrogen-bond donors (Lipinski definition) is 0. The fraction of sp³-hybridized carbons (Fsp3) is 0.579. The van der Waals surface area contributed by atoms with E-state index in [-0.39, 0.29) is 41.8 Å². The number of methoxy groups -OCH3 is 1. The van der Waals surface area contributed by atoms with Crippen LogP contribution in [0.3, 0.4) is 0 Å². The number of benzene rings is 1. The molecule has 0 saturated carbocycles. The Kier molecular flexibility index (Phi) is 8.88. The zero-order chi connectivity index (χ0) is 21.4. The third-order valence-corrected chi connectivity index (χ3v) is 6.97. The molecule has 0 N–H and O–H groups in total. The molecule has 1 aliphatic heterocycles. The molecule has 29 heavy (non-hydrogen) atoms. The van der Waals surface area contributed by atoms with E-state index >= 15 is 0 Å². The van der Waals surface area contributed by atoms with Crippen LogP contribution in [0.1, 0.15) is 36.5 Å². The number of rotatable bonds is 9. The summed E-state index contributed by atoms with van der Waals surface area (Å²) in [5.41, 5.74) is 0.130. The van der Waals surface area contributed by atoms with Crippen molar-refractivity contribution in [2.24, 2.45) is 0 Å². The lowest BCUT2D eigenvalue weighted by Gasteiger charge is -2.26. The van der Waals surface area contributed by atoms with Crippen LogP contribution in [-0.2, 0) is 24.3 Å². The third-order valence-electron chi connectivity index (χ3n) is 4.59. The van der Waals surface area contributed by atoms with Crippen LogP contribution < -0.4 is 0 Å². The summed E-state index contributed by atoms with van der Waals surface area (Å²) >= 11 is 6.17. The number of nitrogens with zero attached hydrogens (tertiary/aromatic N) is 2. The van der Waals surface area contributed by atoms with Crippen molar-refractivity contribution in [3.63, 3.8) is 0 Å². The molecular weight excluding hydrogens is 420 g/mol. The van der Waals surface area contributed by atoms with E-state index in [0.717, 1.165) is 19.3 Å². The Morgan fingerprint density at radius 2 is 1.90 bits per heavy atom. The maximum Gasteiger partial charge on any atom is 0.325 e. The first-order valence-corrected chi connectivity index (χ1v) is 11.4. The van der Waals surface area contributed by atoms with Crippen molar-refractivity contribution < 1.29 is 27.5 Å². The Bertz CT molecular complexity index is 824. The Balaban J connectivity index is 2.31. The van der Waals surface area contributed by atoms with Crippen molar-refractivity contribution in [1.82, 2.24) is 9.21 Å². The Labute approximate surface area is 176 Å². The van der Waals surface area contributed by atoms with Gasteiger partial charge in [0.2, 0.25) is 10.0 Å². The fourth-order valence-electron chi connectivity index (χ4n) is 3.08. The van der Waals surface area contributed by atoms with E-state index in [0.29, 0.717) is 13.1 Å². The molecule has 1 heterocycles. The number of ether oxygens (including phenoxy) is 2. The summed E-state index contributed by atoms with van der Waals surface area (Å²) in [7, 11) is -2.32. The summed E-state index contributed by atoms with van der Waals surface area (Å²) in [6.07, 6.45) is 2.57. The molecule has 162 valence electrons. The number of carbonyl (C=O) groups is 2. The van der Waals surface area contributed by atoms with Gasteiger partial charge in [-0.3, -0.25) is 9.59 Å². The van der Waals surface area contributed by atoms with Crippen molar-refractivity contribution in [3.05, 3.63) is 28.8 Å². The number of sulfonamides is 1. The van der Waals surface area contributed by atoms with Gasteiger partial charge in [0.15, 0.2) is 0 Å². The Morgan fingerprint density at radius 1 is 1.21 bits per heavy atom. The first-order valence-electron chi connectivity index (χ1n) is 9.54. The van der Waals surface area contributed by atoms with Gasteiger partial charge in [-0.25, -0.2) is 8.42 Å². The Morgan fingerprint density at radius 3 is 2.52 bits per heavy atom. The average Bonchev–Trinajstić information content (AvgIpc) is 2.71. The van der Waals surface area contributed by atoms with Gasteiger partial charge in [-0.1, -0.05) is 18.0 Å². The number of amides is 1. The molecule has 0 unspecified atom stereocenters. The van der Waals surface area contributed by atoms with Gasteiger partial charge in [-0.05, 0) is 38.0 Å². The summed E-state index contributed by atoms with van der Waals surface area (Å²) in [6, 6.07) is 4.12. The van der Waals surface area contributed by atoms with Crippen molar-refractivity contribution in [2.75, 3.05) is 46.5 Å². The normalized spacial score (nSPS) is 15.1. The molecule has 1 aliphatic rings. The quantitative estimate of drug-likeness (QED) is 0.539. The number of esters is 1. The van der Waals surface area contributed by atoms with E-state index in [1.165, 1.54) is 34.5 Å². The molecule has 2 rings (SSSR count). The lowest BCUT2D eigenvalue weighted by atomic mass is 10.2. The molecule has 1 aromatic rings. The molecule has 0 aliphatic carbocycles. The Hall–Kier alpha value is -1.68. The van der Waals surface area contributed by atoms with E-state index in [1.54, 1.807) is 6.92 Å². The summed E-state index contributed by atoms with van der Waals surface area (Å²) in [5, 5.41) is 0.0564. The molecule has 1 aromatic carbocycles. The maximum absolute atomic E-state index is 13.0. The summed E-state index contributed by atoms with van der Waals surface area (Å²) < 4.78 is 37.3. The second-order valence-corrected chi connectivity index (χ2v) is 8.95. The molecule has 1 amide bonds. The molecule has 0 spiro atoms. The van der Waals surface area contributed by atoms with Crippen molar-refractivity contribution in [2.45, 2.75) is 31.1 Å². The van der Waals surface area contributed by atoms with Crippen molar-refractivity contribution >= 4 is 33.5 Å². The highest BCUT2D eigenvalue weighted by atomic mass is 35.5. The molecule has 0 radical (unpaired) electrons. The SMILES string of the molecule is CCOC(=O)CN(CCOC)C(=O)c1ccc(Cl)c(S(=O)(=O)N2CCCCC2)c1. The highest BCUT2D eigenvalue weighted by Gasteiger charge is 2.29. The first-order chi connectivity index (χ1) is 13.8. The van der Waals surface area contributed by atoms with E-state index in [1.807, 2.05) is 0 Å². The largest absolute Gasteiger partial charge is 0.465 e. The smallest absolute Gasteiger partial charge is 0.325 e. The van der Waals surface area contributed by atoms with Gasteiger partial charge >= 0.3 is 5.97 Å². The molecule has 0 aromatic heterocycles. The minimum absolute atomic E-state index is 0.0564. The predicted molar refractivity (Wildman–Crippen MR) is 108 cm³/mol. The van der Waals surface area contributed by atoms with Crippen LogP contribution in [0.4, 0.5) is 0 Å². The van der Waals surface area contributed by atoms with E-state index in [2.05, 4.69) is 0 Å². The van der Waals surface area contributed by atoms with Gasteiger partial charge in [0, 0.05) is 32.3 Å². The standard InChI is InChI=1S/C19H27ClN2O6S/c1-3-28-18(23)14-21(11-12-27-2)19(24)15-7-8-16(20)17(13-15)29(25,26)22-9-5-4-6-10-22/h7-8,13H,3-6,9-12,14H2,1-2H3. The van der Waals surface area contributed by atoms with Crippen LogP contribution in [0.25, 0.3) is 0 Å². The minimum Gasteiger partial charge on any atom is -0.465 e. The molecule has 8 nitrogen and oxygen atoms in total. The van der Waals surface area contributed by atoms with Crippen LogP contribution in [0, 0.1) is 0 Å². The van der Waals surface area contributed by atoms with Gasteiger partial charge in [0.05, 0.1) is 18.2 Å². The molecule has 0 atom stereocenters. The lowest BCUT2D eigenvalue weighted by molar-refractivity contribution is -0.143. The average molecular weight is 447 g/mol. The maximum atomic E-state index is 13.0. The van der Waals surface area contributed by atoms with Crippen LogP contribution in [0.2, 0.25) is 5.02 Å². The zero-order valence-corrected chi connectivity index (χ0v) is 18.3. The van der Waals surface area contributed by atoms with Gasteiger partial charge in [-0.15, -0.1) is 0 Å². The number of piperidine rings is 1. The topological polar surface area (TPSA) is 93.2 Å². The summed E-state index contributed by atoms with van der Waals surface area (Å²) in [4.78, 5) is 26.0. The van der Waals surface area contributed by atoms with Crippen LogP contribution in [-0.4, -0.2) is 76.0 Å². The number of carbonyl (C=O) groups excluding carboxylic acids is 2. The van der Waals surface area contributed by atoms with Crippen molar-refractivity contribution in [1.29, 1.82) is 0 Å². The van der Waals surface area contributed by atoms with Gasteiger partial charge in [0.1, 0.15) is 11.4 Å². The predicted octanol–water partition coefficient (Wildman–Crippen LogP) is 2.17. The second-order valence-electron chi connectivity index (χ2n) is 6.63. The summed E-state index contributed by atoms with van der Waals surface area (Å²) in [6.45, 7) is 2.86. The van der Waals surface area contributed by atoms with Crippen molar-refractivity contribution in [3.8, 4) is 0 Å². The zero-order valence-electron chi connectivity index (χ0n) is 16.7. The second kappa shape index (κ2) is 10.9. The summed E-state index contributed by atoms with van der Waals surface area (Å²) in [5.74, 6) is -1.05.